The van der Waals surface area contributed by atoms with E-state index in [9.17, 15) is 19.5 Å². The smallest absolute Gasteiger partial charge is 0.331 e. The molecule has 0 aliphatic heterocycles. The van der Waals surface area contributed by atoms with Crippen molar-refractivity contribution in [2.24, 2.45) is 0 Å². The molecule has 0 fully saturated rings. The van der Waals surface area contributed by atoms with Gasteiger partial charge in [-0.2, -0.15) is 0 Å². The lowest BCUT2D eigenvalue weighted by atomic mass is 10.2. The Balaban J connectivity index is 2.71. The Bertz CT molecular complexity index is 674. The summed E-state index contributed by atoms with van der Waals surface area (Å²) in [5.41, 5.74) is 0.566. The molecule has 1 aromatic rings. The Morgan fingerprint density at radius 1 is 1.33 bits per heavy atom. The van der Waals surface area contributed by atoms with Gasteiger partial charge in [-0.15, -0.1) is 0 Å². The van der Waals surface area contributed by atoms with Crippen molar-refractivity contribution in [1.82, 2.24) is 10.6 Å². The monoisotopic (exact) mass is 400 g/mol. The molecule has 0 aromatic heterocycles. The third-order valence-electron chi connectivity index (χ3n) is 2.81. The second-order valence-electron chi connectivity index (χ2n) is 4.53. The van der Waals surface area contributed by atoms with Crippen LogP contribution >= 0.6 is 15.9 Å². The number of imide groups is 1. The highest BCUT2D eigenvalue weighted by molar-refractivity contribution is 9.10. The molecule has 8 nitrogen and oxygen atoms in total. The molecule has 0 saturated heterocycles. The lowest BCUT2D eigenvalue weighted by Crippen LogP contribution is -2.43. The van der Waals surface area contributed by atoms with Crippen molar-refractivity contribution in [3.63, 3.8) is 0 Å². The third-order valence-corrected chi connectivity index (χ3v) is 3.41. The van der Waals surface area contributed by atoms with Crippen molar-refractivity contribution in [1.29, 1.82) is 0 Å². The van der Waals surface area contributed by atoms with Crippen molar-refractivity contribution < 1.29 is 29.0 Å². The van der Waals surface area contributed by atoms with Crippen molar-refractivity contribution in [3.8, 4) is 11.5 Å². The Morgan fingerprint density at radius 2 is 2.00 bits per heavy atom. The van der Waals surface area contributed by atoms with Gasteiger partial charge in [0, 0.05) is 13.1 Å². The maximum Gasteiger partial charge on any atom is 0.331 e. The van der Waals surface area contributed by atoms with Crippen LogP contribution in [0.25, 0.3) is 6.08 Å². The summed E-state index contributed by atoms with van der Waals surface area (Å²) >= 11 is 3.16. The predicted octanol–water partition coefficient (Wildman–Crippen LogP) is 1.56. The number of benzene rings is 1. The summed E-state index contributed by atoms with van der Waals surface area (Å²) in [6.45, 7) is 1.34. The number of hydrogen-bond acceptors (Lipinski definition) is 6. The van der Waals surface area contributed by atoms with Crippen LogP contribution in [0.2, 0.25) is 0 Å². The van der Waals surface area contributed by atoms with Gasteiger partial charge in [0.15, 0.2) is 17.6 Å². The number of phenolic OH excluding ortho intramolecular Hbond substituents is 1. The number of nitrogens with one attached hydrogen (secondary N) is 2. The van der Waals surface area contributed by atoms with Crippen LogP contribution in [-0.2, 0) is 14.3 Å². The van der Waals surface area contributed by atoms with E-state index in [0.717, 1.165) is 6.08 Å². The summed E-state index contributed by atoms with van der Waals surface area (Å²) in [6, 6.07) is 2.40. The number of halogens is 1. The molecule has 3 amide bonds. The Labute approximate surface area is 146 Å². The zero-order chi connectivity index (χ0) is 18.3. The van der Waals surface area contributed by atoms with Gasteiger partial charge in [-0.1, -0.05) is 0 Å². The number of ether oxygens (including phenoxy) is 2. The van der Waals surface area contributed by atoms with E-state index >= 15 is 0 Å². The summed E-state index contributed by atoms with van der Waals surface area (Å²) in [4.78, 5) is 34.3. The average molecular weight is 401 g/mol. The van der Waals surface area contributed by atoms with Crippen LogP contribution in [0.4, 0.5) is 4.79 Å². The summed E-state index contributed by atoms with van der Waals surface area (Å²) in [7, 11) is 2.75. The highest BCUT2D eigenvalue weighted by Gasteiger charge is 2.18. The number of phenols is 1. The van der Waals surface area contributed by atoms with Crippen molar-refractivity contribution in [2.45, 2.75) is 13.0 Å². The molecular weight excluding hydrogens is 384 g/mol. The summed E-state index contributed by atoms with van der Waals surface area (Å²) in [5.74, 6) is -1.34. The largest absolute Gasteiger partial charge is 0.503 e. The van der Waals surface area contributed by atoms with Gasteiger partial charge in [-0.05, 0) is 46.6 Å². The number of aromatic hydroxyl groups is 1. The van der Waals surface area contributed by atoms with Crippen molar-refractivity contribution >= 4 is 39.9 Å². The molecule has 130 valence electrons. The SMILES string of the molecule is CNC(=O)NC(=O)[C@@H](C)OC(=O)/C=C/c1cc(Br)c(O)c(OC)c1. The van der Waals surface area contributed by atoms with Crippen molar-refractivity contribution in [3.05, 3.63) is 28.2 Å². The second-order valence-corrected chi connectivity index (χ2v) is 5.39. The number of carbonyl (C=O) groups is 3. The van der Waals surface area contributed by atoms with Crippen LogP contribution in [0.15, 0.2) is 22.7 Å². The fraction of sp³-hybridized carbons (Fsp3) is 0.267. The van der Waals surface area contributed by atoms with E-state index < -0.39 is 24.0 Å². The Morgan fingerprint density at radius 3 is 2.58 bits per heavy atom. The van der Waals surface area contributed by atoms with Crippen LogP contribution in [0, 0.1) is 0 Å². The van der Waals surface area contributed by atoms with Gasteiger partial charge in [0.25, 0.3) is 5.91 Å². The first-order valence-electron chi connectivity index (χ1n) is 6.76. The van der Waals surface area contributed by atoms with E-state index in [2.05, 4.69) is 21.2 Å². The molecule has 24 heavy (non-hydrogen) atoms. The van der Waals surface area contributed by atoms with Gasteiger partial charge in [0.2, 0.25) is 0 Å². The summed E-state index contributed by atoms with van der Waals surface area (Å²) in [5, 5.41) is 13.9. The molecule has 0 unspecified atom stereocenters. The highest BCUT2D eigenvalue weighted by Crippen LogP contribution is 2.35. The minimum Gasteiger partial charge on any atom is -0.503 e. The molecule has 0 saturated carbocycles. The first-order chi connectivity index (χ1) is 11.3. The van der Waals surface area contributed by atoms with Crippen LogP contribution in [0.3, 0.4) is 0 Å². The van der Waals surface area contributed by atoms with Crippen LogP contribution < -0.4 is 15.4 Å². The van der Waals surface area contributed by atoms with Crippen LogP contribution in [0.1, 0.15) is 12.5 Å². The summed E-state index contributed by atoms with van der Waals surface area (Å²) < 4.78 is 10.3. The number of esters is 1. The van der Waals surface area contributed by atoms with E-state index in [0.29, 0.717) is 10.0 Å². The van der Waals surface area contributed by atoms with Gasteiger partial charge in [-0.25, -0.2) is 9.59 Å². The van der Waals surface area contributed by atoms with E-state index in [1.807, 2.05) is 5.32 Å². The van der Waals surface area contributed by atoms with Gasteiger partial charge in [-0.3, -0.25) is 10.1 Å². The standard InChI is InChI=1S/C15H17BrN2O6/c1-8(14(21)18-15(22)17-2)24-12(19)5-4-9-6-10(16)13(20)11(7-9)23-3/h4-8,20H,1-3H3,(H2,17,18,21,22)/b5-4+/t8-/m1/s1. The van der Waals surface area contributed by atoms with Crippen LogP contribution in [-0.4, -0.2) is 43.3 Å². The van der Waals surface area contributed by atoms with Gasteiger partial charge < -0.3 is 19.9 Å². The number of carbonyl (C=O) groups excluding carboxylic acids is 3. The molecule has 1 atom stereocenters. The molecular formula is C15H17BrN2O6. The van der Waals surface area contributed by atoms with Gasteiger partial charge in [0.05, 0.1) is 11.6 Å². The molecule has 1 rings (SSSR count). The molecule has 0 spiro atoms. The third kappa shape index (κ3) is 5.58. The van der Waals surface area contributed by atoms with Gasteiger partial charge >= 0.3 is 12.0 Å². The minimum absolute atomic E-state index is 0.0586. The maximum atomic E-state index is 11.7. The molecule has 0 aliphatic carbocycles. The number of amides is 3. The molecule has 0 aliphatic rings. The maximum absolute atomic E-state index is 11.7. The lowest BCUT2D eigenvalue weighted by Gasteiger charge is -2.11. The fourth-order valence-electron chi connectivity index (χ4n) is 1.55. The van der Waals surface area contributed by atoms with Crippen LogP contribution in [0.5, 0.6) is 11.5 Å². The molecule has 1 aromatic carbocycles. The fourth-order valence-corrected chi connectivity index (χ4v) is 2.01. The number of methoxy groups -OCH3 is 1. The molecule has 9 heteroatoms. The highest BCUT2D eigenvalue weighted by atomic mass is 79.9. The van der Waals surface area contributed by atoms with Gasteiger partial charge in [0.1, 0.15) is 0 Å². The zero-order valence-corrected chi connectivity index (χ0v) is 14.8. The second kappa shape index (κ2) is 8.92. The normalized spacial score (nSPS) is 11.7. The zero-order valence-electron chi connectivity index (χ0n) is 13.3. The van der Waals surface area contributed by atoms with E-state index in [-0.39, 0.29) is 11.5 Å². The number of urea groups is 1. The van der Waals surface area contributed by atoms with E-state index in [4.69, 9.17) is 9.47 Å². The minimum atomic E-state index is -1.14. The summed E-state index contributed by atoms with van der Waals surface area (Å²) in [6.07, 6.45) is 1.40. The molecule has 0 heterocycles. The first-order valence-corrected chi connectivity index (χ1v) is 7.55. The first kappa shape index (κ1) is 19.5. The predicted molar refractivity (Wildman–Crippen MR) is 89.5 cm³/mol. The molecule has 0 bridgehead atoms. The van der Waals surface area contributed by atoms with Crippen molar-refractivity contribution in [2.75, 3.05) is 14.2 Å². The lowest BCUT2D eigenvalue weighted by molar-refractivity contribution is -0.149. The average Bonchev–Trinajstić information content (AvgIpc) is 2.55. The van der Waals surface area contributed by atoms with E-state index in [1.54, 1.807) is 6.07 Å². The van der Waals surface area contributed by atoms with E-state index in [1.165, 1.54) is 33.2 Å². The Kier molecular flexibility index (Phi) is 7.25. The molecule has 3 N–H and O–H groups in total. The number of rotatable bonds is 5. The topological polar surface area (TPSA) is 114 Å². The Hall–Kier alpha value is -2.55. The quantitative estimate of drug-likeness (QED) is 0.510. The molecule has 0 radical (unpaired) electrons. The number of hydrogen-bond donors (Lipinski definition) is 3.